The van der Waals surface area contributed by atoms with Crippen LogP contribution in [0.3, 0.4) is 0 Å². The first-order valence-corrected chi connectivity index (χ1v) is 6.27. The largest absolute Gasteiger partial charge is 0.465 e. The van der Waals surface area contributed by atoms with Gasteiger partial charge in [0.1, 0.15) is 0 Å². The molecule has 1 unspecified atom stereocenters. The summed E-state index contributed by atoms with van der Waals surface area (Å²) in [6.07, 6.45) is 2.40. The first-order valence-electron chi connectivity index (χ1n) is 5.04. The minimum absolute atomic E-state index is 0.192. The van der Waals surface area contributed by atoms with Crippen molar-refractivity contribution in [1.82, 2.24) is 14.9 Å². The van der Waals surface area contributed by atoms with E-state index in [4.69, 9.17) is 5.11 Å². The van der Waals surface area contributed by atoms with E-state index in [9.17, 15) is 9.90 Å². The molecule has 1 aliphatic rings. The van der Waals surface area contributed by atoms with Gasteiger partial charge in [0.25, 0.3) is 0 Å². The maximum atomic E-state index is 11.2. The summed E-state index contributed by atoms with van der Waals surface area (Å²) in [5, 5.41) is 19.2. The van der Waals surface area contributed by atoms with Gasteiger partial charge in [0.2, 0.25) is 0 Å². The molecule has 0 aromatic carbocycles. The van der Waals surface area contributed by atoms with Crippen LogP contribution in [0.5, 0.6) is 0 Å². The van der Waals surface area contributed by atoms with Crippen LogP contribution in [0.1, 0.15) is 18.2 Å². The molecule has 1 aromatic rings. The number of thioether (sulfide) groups is 1. The number of amides is 1. The van der Waals surface area contributed by atoms with Gasteiger partial charge < -0.3 is 10.2 Å². The van der Waals surface area contributed by atoms with Crippen molar-refractivity contribution in [2.75, 3.05) is 12.9 Å². The highest BCUT2D eigenvalue weighted by Crippen LogP contribution is 2.37. The number of rotatable bonds is 2. The average Bonchev–Trinajstić information content (AvgIpc) is 2.63. The first-order chi connectivity index (χ1) is 8.02. The zero-order chi connectivity index (χ0) is 12.6. The number of aliphatic hydroxyl groups excluding tert-OH is 1. The molecule has 7 heteroatoms. The van der Waals surface area contributed by atoms with Crippen LogP contribution >= 0.6 is 11.8 Å². The van der Waals surface area contributed by atoms with Crippen molar-refractivity contribution < 1.29 is 15.0 Å². The summed E-state index contributed by atoms with van der Waals surface area (Å²) in [6, 6.07) is 0. The Bertz CT molecular complexity index is 468. The minimum Gasteiger partial charge on any atom is -0.465 e. The van der Waals surface area contributed by atoms with Gasteiger partial charge in [-0.3, -0.25) is 4.90 Å². The van der Waals surface area contributed by atoms with E-state index in [2.05, 4.69) is 9.97 Å². The molecule has 2 heterocycles. The minimum atomic E-state index is -1.06. The lowest BCUT2D eigenvalue weighted by Gasteiger charge is -2.31. The van der Waals surface area contributed by atoms with Crippen molar-refractivity contribution >= 4 is 17.9 Å². The highest BCUT2D eigenvalue weighted by Gasteiger charge is 2.45. The van der Waals surface area contributed by atoms with E-state index in [0.29, 0.717) is 16.4 Å². The molecule has 0 bridgehead atoms. The number of nitrogens with zero attached hydrogens (tertiary/aromatic N) is 3. The third-order valence-corrected chi connectivity index (χ3v) is 3.61. The Morgan fingerprint density at radius 3 is 2.94 bits per heavy atom. The predicted octanol–water partition coefficient (Wildman–Crippen LogP) is 0.900. The Morgan fingerprint density at radius 2 is 2.41 bits per heavy atom. The first kappa shape index (κ1) is 12.1. The maximum absolute atomic E-state index is 11.2. The summed E-state index contributed by atoms with van der Waals surface area (Å²) in [5.41, 5.74) is 0.404. The fourth-order valence-electron chi connectivity index (χ4n) is 1.99. The van der Waals surface area contributed by atoms with E-state index in [1.807, 2.05) is 6.26 Å². The molecule has 0 aliphatic carbocycles. The van der Waals surface area contributed by atoms with Crippen LogP contribution < -0.4 is 0 Å². The highest BCUT2D eigenvalue weighted by atomic mass is 32.2. The second kappa shape index (κ2) is 4.15. The Kier molecular flexibility index (Phi) is 2.96. The lowest BCUT2D eigenvalue weighted by atomic mass is 9.96. The molecular formula is C10H13N3O3S. The zero-order valence-corrected chi connectivity index (χ0v) is 10.4. The van der Waals surface area contributed by atoms with Gasteiger partial charge in [-0.25, -0.2) is 14.8 Å². The lowest BCUT2D eigenvalue weighted by Crippen LogP contribution is -2.44. The zero-order valence-electron chi connectivity index (χ0n) is 9.54. The predicted molar refractivity (Wildman–Crippen MR) is 61.8 cm³/mol. The van der Waals surface area contributed by atoms with Crippen molar-refractivity contribution in [1.29, 1.82) is 0 Å². The molecule has 2 N–H and O–H groups in total. The summed E-state index contributed by atoms with van der Waals surface area (Å²) in [6.45, 7) is 1.58. The third kappa shape index (κ3) is 1.75. The van der Waals surface area contributed by atoms with Gasteiger partial charge in [0, 0.05) is 11.8 Å². The van der Waals surface area contributed by atoms with Crippen molar-refractivity contribution in [2.45, 2.75) is 24.2 Å². The van der Waals surface area contributed by atoms with Crippen LogP contribution in [0, 0.1) is 0 Å². The van der Waals surface area contributed by atoms with Crippen LogP contribution in [0.15, 0.2) is 11.4 Å². The Morgan fingerprint density at radius 1 is 1.71 bits per heavy atom. The lowest BCUT2D eigenvalue weighted by molar-refractivity contribution is 0.0511. The molecule has 1 aliphatic heterocycles. The number of carbonyl (C=O) groups is 1. The van der Waals surface area contributed by atoms with Crippen molar-refractivity contribution in [2.24, 2.45) is 0 Å². The van der Waals surface area contributed by atoms with Gasteiger partial charge in [-0.05, 0) is 13.2 Å². The number of aromatic nitrogens is 2. The second-order valence-corrected chi connectivity index (χ2v) is 4.79. The molecular weight excluding hydrogens is 242 g/mol. The molecule has 0 saturated carbocycles. The monoisotopic (exact) mass is 255 g/mol. The van der Waals surface area contributed by atoms with E-state index in [1.165, 1.54) is 16.7 Å². The Hall–Kier alpha value is -1.34. The summed E-state index contributed by atoms with van der Waals surface area (Å²) in [4.78, 5) is 20.8. The Labute approximate surface area is 103 Å². The van der Waals surface area contributed by atoms with E-state index < -0.39 is 11.6 Å². The van der Waals surface area contributed by atoms with Crippen LogP contribution in [0.4, 0.5) is 4.79 Å². The highest BCUT2D eigenvalue weighted by molar-refractivity contribution is 7.98. The number of hydrogen-bond donors (Lipinski definition) is 2. The van der Waals surface area contributed by atoms with Crippen molar-refractivity contribution in [3.8, 4) is 0 Å². The van der Waals surface area contributed by atoms with Gasteiger partial charge in [-0.1, -0.05) is 11.8 Å². The molecule has 17 heavy (non-hydrogen) atoms. The van der Waals surface area contributed by atoms with Crippen molar-refractivity contribution in [3.05, 3.63) is 17.5 Å². The fourth-order valence-corrected chi connectivity index (χ4v) is 2.35. The quantitative estimate of drug-likeness (QED) is 0.603. The SMILES string of the molecule is CSc1ncc2c(n1)CN(C(=O)O)C2(C)CO. The molecule has 0 saturated heterocycles. The Balaban J connectivity index is 2.50. The van der Waals surface area contributed by atoms with Crippen LogP contribution in [-0.4, -0.2) is 44.0 Å². The number of hydrogen-bond acceptors (Lipinski definition) is 5. The standard InChI is InChI=1S/C10H13N3O3S/c1-10(5-14)6-3-11-8(17-2)12-7(6)4-13(10)9(15)16/h3,14H,4-5H2,1-2H3,(H,15,16). The van der Waals surface area contributed by atoms with E-state index in [1.54, 1.807) is 13.1 Å². The van der Waals surface area contributed by atoms with Gasteiger partial charge in [0.15, 0.2) is 5.16 Å². The van der Waals surface area contributed by atoms with Crippen LogP contribution in [0.25, 0.3) is 0 Å². The van der Waals surface area contributed by atoms with E-state index >= 15 is 0 Å². The number of fused-ring (bicyclic) bond motifs is 1. The second-order valence-electron chi connectivity index (χ2n) is 4.02. The molecule has 1 atom stereocenters. The van der Waals surface area contributed by atoms with Gasteiger partial charge in [0.05, 0.1) is 24.4 Å². The molecule has 1 amide bonds. The van der Waals surface area contributed by atoms with Crippen LogP contribution in [-0.2, 0) is 12.1 Å². The molecule has 0 fully saturated rings. The summed E-state index contributed by atoms with van der Waals surface area (Å²) >= 11 is 1.40. The van der Waals surface area contributed by atoms with E-state index in [-0.39, 0.29) is 13.2 Å². The summed E-state index contributed by atoms with van der Waals surface area (Å²) < 4.78 is 0. The molecule has 6 nitrogen and oxygen atoms in total. The molecule has 0 radical (unpaired) electrons. The van der Waals surface area contributed by atoms with Crippen molar-refractivity contribution in [3.63, 3.8) is 0 Å². The molecule has 1 aromatic heterocycles. The molecule has 0 spiro atoms. The fraction of sp³-hybridized carbons (Fsp3) is 0.500. The maximum Gasteiger partial charge on any atom is 0.408 e. The molecule has 2 rings (SSSR count). The van der Waals surface area contributed by atoms with Gasteiger partial charge in [-0.15, -0.1) is 0 Å². The summed E-state index contributed by atoms with van der Waals surface area (Å²) in [5.74, 6) is 0. The smallest absolute Gasteiger partial charge is 0.408 e. The summed E-state index contributed by atoms with van der Waals surface area (Å²) in [7, 11) is 0. The van der Waals surface area contributed by atoms with E-state index in [0.717, 1.165) is 0 Å². The average molecular weight is 255 g/mol. The topological polar surface area (TPSA) is 86.6 Å². The number of aliphatic hydroxyl groups is 1. The van der Waals surface area contributed by atoms with Crippen LogP contribution in [0.2, 0.25) is 0 Å². The van der Waals surface area contributed by atoms with Gasteiger partial charge >= 0.3 is 6.09 Å². The third-order valence-electron chi connectivity index (χ3n) is 3.05. The number of carboxylic acid groups (broad SMARTS) is 1. The normalized spacial score (nSPS) is 22.6. The molecule has 92 valence electrons. The van der Waals surface area contributed by atoms with Gasteiger partial charge in [-0.2, -0.15) is 0 Å².